The molecule has 0 aliphatic heterocycles. The largest absolute Gasteiger partial charge is 0.248 e. The van der Waals surface area contributed by atoms with E-state index in [-0.39, 0.29) is 0 Å². The van der Waals surface area contributed by atoms with E-state index in [2.05, 4.69) is 102 Å². The molecule has 0 fully saturated rings. The Hall–Kier alpha value is -2.93. The molecule has 0 saturated heterocycles. The van der Waals surface area contributed by atoms with Gasteiger partial charge in [0.2, 0.25) is 0 Å². The summed E-state index contributed by atoms with van der Waals surface area (Å²) in [5.41, 5.74) is 12.6. The molecule has 1 aromatic heterocycles. The van der Waals surface area contributed by atoms with Crippen molar-refractivity contribution < 1.29 is 0 Å². The third-order valence-electron chi connectivity index (χ3n) is 6.13. The summed E-state index contributed by atoms with van der Waals surface area (Å²) < 4.78 is 0. The fourth-order valence-electron chi connectivity index (χ4n) is 4.16. The van der Waals surface area contributed by atoms with Crippen LogP contribution in [0.25, 0.3) is 33.3 Å². The maximum Gasteiger partial charge on any atom is 0.0712 e. The van der Waals surface area contributed by atoms with E-state index in [9.17, 15) is 0 Å². The number of fused-ring (bicyclic) bond motifs is 1. The highest BCUT2D eigenvalue weighted by Gasteiger charge is 2.12. The first kappa shape index (κ1) is 20.3. The number of aryl methyl sites for hydroxylation is 3. The first-order chi connectivity index (χ1) is 14.3. The van der Waals surface area contributed by atoms with Crippen LogP contribution in [0, 0.1) is 33.6 Å². The predicted molar refractivity (Wildman–Crippen MR) is 130 cm³/mol. The summed E-state index contributed by atoms with van der Waals surface area (Å²) >= 11 is 0. The summed E-state index contributed by atoms with van der Waals surface area (Å²) in [7, 11) is 0. The van der Waals surface area contributed by atoms with Crippen molar-refractivity contribution in [3.05, 3.63) is 88.5 Å². The fraction of sp³-hybridized carbons (Fsp3) is 0.276. The van der Waals surface area contributed by atoms with Gasteiger partial charge in [0.1, 0.15) is 0 Å². The van der Waals surface area contributed by atoms with Crippen molar-refractivity contribution in [2.24, 2.45) is 5.92 Å². The molecule has 1 nitrogen and oxygen atoms in total. The first-order valence-electron chi connectivity index (χ1n) is 10.9. The summed E-state index contributed by atoms with van der Waals surface area (Å²) in [5, 5.41) is 1.27. The zero-order chi connectivity index (χ0) is 21.4. The monoisotopic (exact) mass is 393 g/mol. The zero-order valence-electron chi connectivity index (χ0n) is 19.0. The number of pyridine rings is 1. The minimum absolute atomic E-state index is 0.591. The summed E-state index contributed by atoms with van der Waals surface area (Å²) in [5.74, 6) is 0.591. The third kappa shape index (κ3) is 4.03. The van der Waals surface area contributed by atoms with Crippen LogP contribution >= 0.6 is 0 Å². The van der Waals surface area contributed by atoms with Gasteiger partial charge in [0, 0.05) is 10.9 Å². The molecule has 0 aliphatic carbocycles. The molecule has 0 radical (unpaired) electrons. The number of rotatable bonds is 4. The van der Waals surface area contributed by atoms with Crippen LogP contribution in [0.4, 0.5) is 0 Å². The van der Waals surface area contributed by atoms with Crippen molar-refractivity contribution in [3.63, 3.8) is 0 Å². The van der Waals surface area contributed by atoms with Gasteiger partial charge in [-0.2, -0.15) is 0 Å². The highest BCUT2D eigenvalue weighted by atomic mass is 14.7. The van der Waals surface area contributed by atoms with Crippen molar-refractivity contribution in [1.29, 1.82) is 0 Å². The van der Waals surface area contributed by atoms with Crippen molar-refractivity contribution in [2.75, 3.05) is 0 Å². The van der Waals surface area contributed by atoms with Gasteiger partial charge in [-0.15, -0.1) is 0 Å². The van der Waals surface area contributed by atoms with E-state index < -0.39 is 0 Å². The maximum atomic E-state index is 5.07. The van der Waals surface area contributed by atoms with E-state index >= 15 is 0 Å². The van der Waals surface area contributed by atoms with E-state index in [0.717, 1.165) is 17.6 Å². The third-order valence-corrected chi connectivity index (χ3v) is 6.13. The molecule has 1 heterocycles. The van der Waals surface area contributed by atoms with Gasteiger partial charge >= 0.3 is 0 Å². The van der Waals surface area contributed by atoms with E-state index in [4.69, 9.17) is 4.98 Å². The second kappa shape index (κ2) is 8.07. The van der Waals surface area contributed by atoms with Crippen molar-refractivity contribution in [1.82, 2.24) is 4.98 Å². The quantitative estimate of drug-likeness (QED) is 0.342. The summed E-state index contributed by atoms with van der Waals surface area (Å²) in [4.78, 5) is 5.07. The lowest BCUT2D eigenvalue weighted by atomic mass is 9.93. The Kier molecular flexibility index (Phi) is 5.47. The number of hydrogen-bond donors (Lipinski definition) is 0. The maximum absolute atomic E-state index is 5.07. The molecule has 1 heteroatoms. The van der Waals surface area contributed by atoms with Crippen LogP contribution in [0.5, 0.6) is 0 Å². The minimum atomic E-state index is 0.591. The Labute approximate surface area is 180 Å². The van der Waals surface area contributed by atoms with Gasteiger partial charge in [-0.25, -0.2) is 4.98 Å². The van der Waals surface area contributed by atoms with Gasteiger partial charge in [0.15, 0.2) is 0 Å². The smallest absolute Gasteiger partial charge is 0.0712 e. The lowest BCUT2D eigenvalue weighted by Gasteiger charge is -2.15. The Morgan fingerprint density at radius 3 is 1.97 bits per heavy atom. The number of benzene rings is 3. The van der Waals surface area contributed by atoms with Crippen molar-refractivity contribution >= 4 is 10.9 Å². The number of nitrogens with zero attached hydrogens (tertiary/aromatic N) is 1. The van der Waals surface area contributed by atoms with Crippen LogP contribution < -0.4 is 0 Å². The molecule has 4 rings (SSSR count). The zero-order valence-corrected chi connectivity index (χ0v) is 19.0. The van der Waals surface area contributed by atoms with E-state index in [0.29, 0.717) is 5.92 Å². The van der Waals surface area contributed by atoms with Crippen LogP contribution in [0.1, 0.15) is 41.7 Å². The SMILES string of the molecule is Cc1ccc(-c2ccc3nc(-c4cc(C)c(C)c(C)c4)cc(CC(C)C)c3c2)cc1. The number of aromatic nitrogens is 1. The van der Waals surface area contributed by atoms with Gasteiger partial charge in [-0.3, -0.25) is 0 Å². The first-order valence-corrected chi connectivity index (χ1v) is 10.9. The second-order valence-electron chi connectivity index (χ2n) is 9.10. The molecular formula is C29H31N. The highest BCUT2D eigenvalue weighted by molar-refractivity contribution is 5.89. The standard InChI is InChI=1S/C29H31N/c1-18(2)13-25-17-29(26-14-20(4)22(6)21(5)15-26)30-28-12-11-24(16-27(25)28)23-9-7-19(3)8-10-23/h7-12,14-18H,13H2,1-6H3. The van der Waals surface area contributed by atoms with Gasteiger partial charge in [0.25, 0.3) is 0 Å². The topological polar surface area (TPSA) is 12.9 Å². The molecule has 0 amide bonds. The van der Waals surface area contributed by atoms with Gasteiger partial charge in [-0.1, -0.05) is 49.7 Å². The van der Waals surface area contributed by atoms with Crippen molar-refractivity contribution in [3.8, 4) is 22.4 Å². The molecular weight excluding hydrogens is 362 g/mol. The van der Waals surface area contributed by atoms with Crippen LogP contribution in [-0.4, -0.2) is 4.98 Å². The lowest BCUT2D eigenvalue weighted by Crippen LogP contribution is -1.99. The molecule has 0 atom stereocenters. The average Bonchev–Trinajstić information content (AvgIpc) is 2.71. The lowest BCUT2D eigenvalue weighted by molar-refractivity contribution is 0.650. The minimum Gasteiger partial charge on any atom is -0.248 e. The molecule has 0 saturated carbocycles. The summed E-state index contributed by atoms with van der Waals surface area (Å²) in [6.07, 6.45) is 1.05. The Morgan fingerprint density at radius 1 is 0.700 bits per heavy atom. The van der Waals surface area contributed by atoms with Gasteiger partial charge in [-0.05, 0) is 104 Å². The van der Waals surface area contributed by atoms with Gasteiger partial charge in [0.05, 0.1) is 11.2 Å². The summed E-state index contributed by atoms with van der Waals surface area (Å²) in [6, 6.07) is 22.3. The normalized spacial score (nSPS) is 11.4. The summed E-state index contributed by atoms with van der Waals surface area (Å²) in [6.45, 7) is 13.3. The average molecular weight is 394 g/mol. The van der Waals surface area contributed by atoms with E-state index in [1.54, 1.807) is 0 Å². The van der Waals surface area contributed by atoms with Gasteiger partial charge < -0.3 is 0 Å². The van der Waals surface area contributed by atoms with E-state index in [1.165, 1.54) is 49.9 Å². The fourth-order valence-corrected chi connectivity index (χ4v) is 4.16. The second-order valence-corrected chi connectivity index (χ2v) is 9.10. The molecule has 0 bridgehead atoms. The Morgan fingerprint density at radius 2 is 1.33 bits per heavy atom. The Balaban J connectivity index is 1.89. The van der Waals surface area contributed by atoms with Crippen LogP contribution in [0.3, 0.4) is 0 Å². The molecule has 3 aromatic carbocycles. The van der Waals surface area contributed by atoms with Crippen LogP contribution in [0.15, 0.2) is 60.7 Å². The molecule has 0 spiro atoms. The highest BCUT2D eigenvalue weighted by Crippen LogP contribution is 2.31. The molecule has 30 heavy (non-hydrogen) atoms. The van der Waals surface area contributed by atoms with Crippen LogP contribution in [-0.2, 0) is 6.42 Å². The molecule has 0 unspecified atom stereocenters. The molecule has 0 aliphatic rings. The molecule has 0 N–H and O–H groups in total. The number of hydrogen-bond acceptors (Lipinski definition) is 1. The van der Waals surface area contributed by atoms with Crippen LogP contribution in [0.2, 0.25) is 0 Å². The molecule has 152 valence electrons. The molecule has 4 aromatic rings. The van der Waals surface area contributed by atoms with E-state index in [1.807, 2.05) is 0 Å². The Bertz CT molecular complexity index is 1190. The predicted octanol–water partition coefficient (Wildman–Crippen LogP) is 8.00. The van der Waals surface area contributed by atoms with Crippen molar-refractivity contribution in [2.45, 2.75) is 48.0 Å².